The standard InChI is InChI=1S/C15H15NO/c1-11(2)13(10-17)9-12-7-8-16-15-6-4-3-5-14(12)15/h3-11H,1-2H3. The molecule has 0 spiro atoms. The average molecular weight is 225 g/mol. The van der Waals surface area contributed by atoms with Crippen LogP contribution in [0, 0.1) is 5.92 Å². The summed E-state index contributed by atoms with van der Waals surface area (Å²) in [5.41, 5.74) is 2.81. The van der Waals surface area contributed by atoms with Crippen LogP contribution in [0.5, 0.6) is 0 Å². The molecule has 0 amide bonds. The average Bonchev–Trinajstić information content (AvgIpc) is 2.35. The summed E-state index contributed by atoms with van der Waals surface area (Å²) in [6.07, 6.45) is 4.65. The van der Waals surface area contributed by atoms with Crippen molar-refractivity contribution in [1.82, 2.24) is 4.98 Å². The highest BCUT2D eigenvalue weighted by Crippen LogP contribution is 2.20. The van der Waals surface area contributed by atoms with Crippen molar-refractivity contribution in [2.24, 2.45) is 5.92 Å². The van der Waals surface area contributed by atoms with Crippen molar-refractivity contribution in [2.45, 2.75) is 13.8 Å². The lowest BCUT2D eigenvalue weighted by molar-refractivity contribution is -0.105. The third-order valence-electron chi connectivity index (χ3n) is 2.81. The van der Waals surface area contributed by atoms with E-state index < -0.39 is 0 Å². The number of para-hydroxylation sites is 1. The Kier molecular flexibility index (Phi) is 3.33. The lowest BCUT2D eigenvalue weighted by Gasteiger charge is -2.05. The number of aldehydes is 1. The van der Waals surface area contributed by atoms with Gasteiger partial charge in [0.2, 0.25) is 0 Å². The molecule has 0 saturated heterocycles. The third-order valence-corrected chi connectivity index (χ3v) is 2.81. The van der Waals surface area contributed by atoms with Gasteiger partial charge in [-0.1, -0.05) is 32.0 Å². The minimum atomic E-state index is 0.236. The fourth-order valence-corrected chi connectivity index (χ4v) is 1.76. The zero-order chi connectivity index (χ0) is 12.3. The topological polar surface area (TPSA) is 30.0 Å². The van der Waals surface area contributed by atoms with Crippen LogP contribution in [-0.2, 0) is 4.79 Å². The predicted molar refractivity (Wildman–Crippen MR) is 70.6 cm³/mol. The molecule has 2 rings (SSSR count). The summed E-state index contributed by atoms with van der Waals surface area (Å²) in [6.45, 7) is 4.03. The summed E-state index contributed by atoms with van der Waals surface area (Å²) in [5.74, 6) is 0.236. The van der Waals surface area contributed by atoms with E-state index in [-0.39, 0.29) is 5.92 Å². The highest BCUT2D eigenvalue weighted by molar-refractivity contribution is 5.92. The van der Waals surface area contributed by atoms with Gasteiger partial charge in [0.25, 0.3) is 0 Å². The molecule has 0 aliphatic heterocycles. The molecule has 1 aromatic heterocycles. The Hall–Kier alpha value is -1.96. The van der Waals surface area contributed by atoms with Gasteiger partial charge in [-0.15, -0.1) is 0 Å². The van der Waals surface area contributed by atoms with E-state index in [9.17, 15) is 4.79 Å². The minimum Gasteiger partial charge on any atom is -0.298 e. The number of carbonyl (C=O) groups is 1. The van der Waals surface area contributed by atoms with Gasteiger partial charge in [-0.25, -0.2) is 0 Å². The Labute approximate surface area is 101 Å². The molecule has 1 aromatic carbocycles. The van der Waals surface area contributed by atoms with Gasteiger partial charge >= 0.3 is 0 Å². The van der Waals surface area contributed by atoms with E-state index >= 15 is 0 Å². The Morgan fingerprint density at radius 2 is 2.00 bits per heavy atom. The summed E-state index contributed by atoms with van der Waals surface area (Å²) in [4.78, 5) is 15.3. The van der Waals surface area contributed by atoms with Crippen LogP contribution < -0.4 is 0 Å². The zero-order valence-corrected chi connectivity index (χ0v) is 10.1. The summed E-state index contributed by atoms with van der Waals surface area (Å²) >= 11 is 0. The van der Waals surface area contributed by atoms with Gasteiger partial charge < -0.3 is 0 Å². The van der Waals surface area contributed by atoms with Crippen LogP contribution in [0.1, 0.15) is 19.4 Å². The van der Waals surface area contributed by atoms with E-state index in [4.69, 9.17) is 0 Å². The molecule has 2 nitrogen and oxygen atoms in total. The maximum absolute atomic E-state index is 11.0. The van der Waals surface area contributed by atoms with Crippen LogP contribution in [0.25, 0.3) is 17.0 Å². The van der Waals surface area contributed by atoms with Crippen LogP contribution in [0.4, 0.5) is 0 Å². The largest absolute Gasteiger partial charge is 0.298 e. The number of nitrogens with zero attached hydrogens (tertiary/aromatic N) is 1. The van der Waals surface area contributed by atoms with Crippen molar-refractivity contribution in [3.63, 3.8) is 0 Å². The number of carbonyl (C=O) groups excluding carboxylic acids is 1. The molecule has 0 saturated carbocycles. The molecule has 0 N–H and O–H groups in total. The molecule has 0 radical (unpaired) electrons. The zero-order valence-electron chi connectivity index (χ0n) is 10.1. The van der Waals surface area contributed by atoms with Crippen molar-refractivity contribution in [3.05, 3.63) is 47.7 Å². The van der Waals surface area contributed by atoms with Crippen LogP contribution in [0.2, 0.25) is 0 Å². The Morgan fingerprint density at radius 1 is 1.24 bits per heavy atom. The second-order valence-electron chi connectivity index (χ2n) is 4.33. The van der Waals surface area contributed by atoms with Crippen molar-refractivity contribution in [3.8, 4) is 0 Å². The van der Waals surface area contributed by atoms with Gasteiger partial charge in [0.05, 0.1) is 5.52 Å². The Morgan fingerprint density at radius 3 is 2.71 bits per heavy atom. The lowest BCUT2D eigenvalue weighted by Crippen LogP contribution is -1.95. The molecular formula is C15H15NO. The van der Waals surface area contributed by atoms with Crippen LogP contribution in [0.3, 0.4) is 0 Å². The van der Waals surface area contributed by atoms with E-state index in [2.05, 4.69) is 4.98 Å². The monoisotopic (exact) mass is 225 g/mol. The lowest BCUT2D eigenvalue weighted by atomic mass is 10.00. The van der Waals surface area contributed by atoms with E-state index in [1.165, 1.54) is 0 Å². The number of hydrogen-bond acceptors (Lipinski definition) is 2. The molecule has 0 atom stereocenters. The molecular weight excluding hydrogens is 210 g/mol. The van der Waals surface area contributed by atoms with Crippen LogP contribution >= 0.6 is 0 Å². The smallest absolute Gasteiger partial charge is 0.146 e. The quantitative estimate of drug-likeness (QED) is 0.591. The van der Waals surface area contributed by atoms with Gasteiger partial charge in [0.1, 0.15) is 6.29 Å². The van der Waals surface area contributed by atoms with Crippen LogP contribution in [0.15, 0.2) is 42.1 Å². The number of rotatable bonds is 3. The SMILES string of the molecule is CC(C)C(C=O)=Cc1ccnc2ccccc12. The number of benzene rings is 1. The normalized spacial score (nSPS) is 12.1. The fraction of sp³-hybridized carbons (Fsp3) is 0.200. The van der Waals surface area contributed by atoms with Crippen LogP contribution in [-0.4, -0.2) is 11.3 Å². The van der Waals surface area contributed by atoms with Gasteiger partial charge in [-0.05, 0) is 35.3 Å². The molecule has 17 heavy (non-hydrogen) atoms. The molecule has 1 heterocycles. The summed E-state index contributed by atoms with van der Waals surface area (Å²) in [5, 5.41) is 1.08. The first kappa shape index (κ1) is 11.5. The molecule has 0 aliphatic rings. The predicted octanol–water partition coefficient (Wildman–Crippen LogP) is 3.47. The summed E-state index contributed by atoms with van der Waals surface area (Å²) in [7, 11) is 0. The maximum atomic E-state index is 11.0. The van der Waals surface area contributed by atoms with Gasteiger partial charge in [-0.3, -0.25) is 9.78 Å². The summed E-state index contributed by atoms with van der Waals surface area (Å²) in [6, 6.07) is 9.89. The first-order chi connectivity index (χ1) is 8.22. The molecule has 2 heteroatoms. The number of hydrogen-bond donors (Lipinski definition) is 0. The second kappa shape index (κ2) is 4.91. The molecule has 2 aromatic rings. The van der Waals surface area contributed by atoms with Crippen molar-refractivity contribution in [2.75, 3.05) is 0 Å². The summed E-state index contributed by atoms with van der Waals surface area (Å²) < 4.78 is 0. The van der Waals surface area contributed by atoms with Gasteiger partial charge in [0.15, 0.2) is 0 Å². The van der Waals surface area contributed by atoms with Gasteiger partial charge in [-0.2, -0.15) is 0 Å². The first-order valence-corrected chi connectivity index (χ1v) is 5.73. The fourth-order valence-electron chi connectivity index (χ4n) is 1.76. The van der Waals surface area contributed by atoms with E-state index in [0.717, 1.165) is 28.3 Å². The molecule has 0 unspecified atom stereocenters. The molecule has 0 bridgehead atoms. The Balaban J connectivity index is 2.59. The third kappa shape index (κ3) is 2.41. The Bertz CT molecular complexity index is 565. The highest BCUT2D eigenvalue weighted by Gasteiger charge is 2.04. The van der Waals surface area contributed by atoms with E-state index in [1.54, 1.807) is 6.20 Å². The van der Waals surface area contributed by atoms with E-state index in [1.807, 2.05) is 50.3 Å². The maximum Gasteiger partial charge on any atom is 0.146 e. The number of pyridine rings is 1. The highest BCUT2D eigenvalue weighted by atomic mass is 16.1. The van der Waals surface area contributed by atoms with E-state index in [0.29, 0.717) is 0 Å². The number of allylic oxidation sites excluding steroid dienone is 1. The molecule has 0 aliphatic carbocycles. The molecule has 0 fully saturated rings. The first-order valence-electron chi connectivity index (χ1n) is 5.73. The van der Waals surface area contributed by atoms with Crippen molar-refractivity contribution >= 4 is 23.3 Å². The minimum absolute atomic E-state index is 0.236. The van der Waals surface area contributed by atoms with Crippen molar-refractivity contribution in [1.29, 1.82) is 0 Å². The van der Waals surface area contributed by atoms with Crippen molar-refractivity contribution < 1.29 is 4.79 Å². The molecule has 86 valence electrons. The van der Waals surface area contributed by atoms with Gasteiger partial charge in [0, 0.05) is 11.6 Å². The number of aromatic nitrogens is 1. The number of fused-ring (bicyclic) bond motifs is 1. The second-order valence-corrected chi connectivity index (χ2v) is 4.33.